The van der Waals surface area contributed by atoms with Crippen molar-refractivity contribution in [2.24, 2.45) is 5.92 Å². The molecule has 1 aromatic heterocycles. The van der Waals surface area contributed by atoms with E-state index in [4.69, 9.17) is 0 Å². The summed E-state index contributed by atoms with van der Waals surface area (Å²) in [5.41, 5.74) is 0.849. The number of rotatable bonds is 3. The lowest BCUT2D eigenvalue weighted by molar-refractivity contribution is -0.172. The van der Waals surface area contributed by atoms with Crippen LogP contribution in [0.2, 0.25) is 0 Å². The van der Waals surface area contributed by atoms with Crippen LogP contribution < -0.4 is 0 Å². The summed E-state index contributed by atoms with van der Waals surface area (Å²) in [5.74, 6) is -0.734. The number of hydrogen-bond acceptors (Lipinski definition) is 1. The van der Waals surface area contributed by atoms with Crippen LogP contribution in [0.5, 0.6) is 0 Å². The maximum absolute atomic E-state index is 13.4. The number of imidazole rings is 1. The quantitative estimate of drug-likeness (QED) is 0.762. The molecule has 0 saturated heterocycles. The summed E-state index contributed by atoms with van der Waals surface area (Å²) in [6, 6.07) is 3.92. The van der Waals surface area contributed by atoms with Gasteiger partial charge < -0.3 is 4.57 Å². The van der Waals surface area contributed by atoms with E-state index in [9.17, 15) is 17.6 Å². The highest BCUT2D eigenvalue weighted by molar-refractivity contribution is 5.56. The molecule has 1 aliphatic rings. The highest BCUT2D eigenvalue weighted by Crippen LogP contribution is 2.49. The Hall–Kier alpha value is -1.85. The molecule has 0 N–H and O–H groups in total. The molecule has 1 atom stereocenters. The van der Waals surface area contributed by atoms with E-state index in [0.29, 0.717) is 24.1 Å². The molecular formula is C15H14F4N2. The molecule has 21 heavy (non-hydrogen) atoms. The standard InChI is InChI=1S/C15H14F4N2/c1-9-8-21(13(10-5-6-10)15(17,18)19)14(20-9)11-3-2-4-12(16)7-11/h2-4,7-8,10,13H,5-6H2,1H3. The summed E-state index contributed by atoms with van der Waals surface area (Å²) in [6.45, 7) is 1.64. The van der Waals surface area contributed by atoms with Crippen molar-refractivity contribution in [3.05, 3.63) is 42.0 Å². The predicted molar refractivity (Wildman–Crippen MR) is 70.2 cm³/mol. The van der Waals surface area contributed by atoms with Crippen LogP contribution in [0, 0.1) is 18.7 Å². The van der Waals surface area contributed by atoms with Crippen molar-refractivity contribution in [1.29, 1.82) is 0 Å². The topological polar surface area (TPSA) is 17.8 Å². The van der Waals surface area contributed by atoms with Crippen molar-refractivity contribution in [1.82, 2.24) is 9.55 Å². The fourth-order valence-corrected chi connectivity index (χ4v) is 2.63. The molecule has 0 radical (unpaired) electrons. The number of benzene rings is 1. The zero-order valence-electron chi connectivity index (χ0n) is 11.4. The average molecular weight is 298 g/mol. The zero-order chi connectivity index (χ0) is 15.2. The van der Waals surface area contributed by atoms with Gasteiger partial charge in [-0.2, -0.15) is 13.2 Å². The number of nitrogens with zero attached hydrogens (tertiary/aromatic N) is 2. The molecule has 1 heterocycles. The van der Waals surface area contributed by atoms with Crippen molar-refractivity contribution >= 4 is 0 Å². The van der Waals surface area contributed by atoms with Gasteiger partial charge in [-0.3, -0.25) is 0 Å². The van der Waals surface area contributed by atoms with Crippen molar-refractivity contribution in [2.75, 3.05) is 0 Å². The highest BCUT2D eigenvalue weighted by Gasteiger charge is 2.50. The molecule has 112 valence electrons. The Labute approximate surface area is 119 Å². The molecule has 6 heteroatoms. The van der Waals surface area contributed by atoms with E-state index in [0.717, 1.165) is 4.57 Å². The number of aromatic nitrogens is 2. The molecule has 1 aliphatic carbocycles. The lowest BCUT2D eigenvalue weighted by atomic mass is 10.1. The van der Waals surface area contributed by atoms with Gasteiger partial charge in [0.2, 0.25) is 0 Å². The first-order chi connectivity index (χ1) is 9.86. The van der Waals surface area contributed by atoms with Gasteiger partial charge in [-0.25, -0.2) is 9.37 Å². The second-order valence-electron chi connectivity index (χ2n) is 5.45. The summed E-state index contributed by atoms with van der Waals surface area (Å²) in [7, 11) is 0. The van der Waals surface area contributed by atoms with Crippen LogP contribution in [-0.4, -0.2) is 15.7 Å². The first-order valence-electron chi connectivity index (χ1n) is 6.74. The molecule has 0 bridgehead atoms. The van der Waals surface area contributed by atoms with Gasteiger partial charge in [0.15, 0.2) is 0 Å². The van der Waals surface area contributed by atoms with Crippen LogP contribution in [0.15, 0.2) is 30.5 Å². The lowest BCUT2D eigenvalue weighted by Gasteiger charge is -2.23. The number of alkyl halides is 3. The number of hydrogen-bond donors (Lipinski definition) is 0. The van der Waals surface area contributed by atoms with Crippen LogP contribution in [0.1, 0.15) is 24.6 Å². The van der Waals surface area contributed by atoms with Crippen LogP contribution in [0.25, 0.3) is 11.4 Å². The van der Waals surface area contributed by atoms with Crippen molar-refractivity contribution in [2.45, 2.75) is 32.0 Å². The molecule has 2 aromatic rings. The lowest BCUT2D eigenvalue weighted by Crippen LogP contribution is -2.28. The smallest absolute Gasteiger partial charge is 0.318 e. The second-order valence-corrected chi connectivity index (χ2v) is 5.45. The van der Waals surface area contributed by atoms with Crippen LogP contribution in [0.3, 0.4) is 0 Å². The van der Waals surface area contributed by atoms with Gasteiger partial charge >= 0.3 is 6.18 Å². The fourth-order valence-electron chi connectivity index (χ4n) is 2.63. The Morgan fingerprint density at radius 2 is 2.00 bits per heavy atom. The predicted octanol–water partition coefficient (Wildman–Crippen LogP) is 4.51. The van der Waals surface area contributed by atoms with E-state index in [-0.39, 0.29) is 5.82 Å². The SMILES string of the molecule is Cc1cn(C(C2CC2)C(F)(F)F)c(-c2cccc(F)c2)n1. The van der Waals surface area contributed by atoms with E-state index >= 15 is 0 Å². The summed E-state index contributed by atoms with van der Waals surface area (Å²) >= 11 is 0. The number of aryl methyl sites for hydroxylation is 1. The van der Waals surface area contributed by atoms with E-state index in [1.165, 1.54) is 24.4 Å². The fraction of sp³-hybridized carbons (Fsp3) is 0.400. The minimum Gasteiger partial charge on any atom is -0.318 e. The summed E-state index contributed by atoms with van der Waals surface area (Å²) < 4.78 is 54.6. The van der Waals surface area contributed by atoms with E-state index in [2.05, 4.69) is 4.98 Å². The van der Waals surface area contributed by atoms with Crippen LogP contribution >= 0.6 is 0 Å². The highest BCUT2D eigenvalue weighted by atomic mass is 19.4. The van der Waals surface area contributed by atoms with Gasteiger partial charge in [-0.1, -0.05) is 12.1 Å². The first-order valence-corrected chi connectivity index (χ1v) is 6.74. The summed E-state index contributed by atoms with van der Waals surface area (Å²) in [6.07, 6.45) is -1.82. The first kappa shape index (κ1) is 14.1. The molecule has 1 unspecified atom stereocenters. The minimum atomic E-state index is -4.34. The third-order valence-electron chi connectivity index (χ3n) is 3.64. The third kappa shape index (κ3) is 2.80. The van der Waals surface area contributed by atoms with E-state index in [1.54, 1.807) is 13.0 Å². The van der Waals surface area contributed by atoms with Crippen molar-refractivity contribution in [3.63, 3.8) is 0 Å². The Bertz CT molecular complexity index is 656. The van der Waals surface area contributed by atoms with Crippen molar-refractivity contribution in [3.8, 4) is 11.4 Å². The second kappa shape index (κ2) is 4.86. The van der Waals surface area contributed by atoms with Gasteiger partial charge in [-0.15, -0.1) is 0 Å². The Morgan fingerprint density at radius 1 is 1.29 bits per heavy atom. The molecule has 3 rings (SSSR count). The normalized spacial score (nSPS) is 17.0. The van der Waals surface area contributed by atoms with Gasteiger partial charge in [0.05, 0.1) is 5.69 Å². The summed E-state index contributed by atoms with van der Waals surface area (Å²) in [4.78, 5) is 4.16. The molecule has 1 fully saturated rings. The molecule has 0 amide bonds. The Morgan fingerprint density at radius 3 is 2.57 bits per heavy atom. The molecule has 0 spiro atoms. The average Bonchev–Trinajstić information content (AvgIpc) is 3.11. The van der Waals surface area contributed by atoms with Gasteiger partial charge in [-0.05, 0) is 37.8 Å². The van der Waals surface area contributed by atoms with Gasteiger partial charge in [0, 0.05) is 11.8 Å². The van der Waals surface area contributed by atoms with Gasteiger partial charge in [0.25, 0.3) is 0 Å². The van der Waals surface area contributed by atoms with Crippen LogP contribution in [0.4, 0.5) is 17.6 Å². The molecular weight excluding hydrogens is 284 g/mol. The Balaban J connectivity index is 2.11. The minimum absolute atomic E-state index is 0.168. The molecule has 1 aromatic carbocycles. The molecule has 2 nitrogen and oxygen atoms in total. The van der Waals surface area contributed by atoms with E-state index < -0.39 is 24.0 Å². The monoisotopic (exact) mass is 298 g/mol. The van der Waals surface area contributed by atoms with E-state index in [1.807, 2.05) is 0 Å². The van der Waals surface area contributed by atoms with Crippen LogP contribution in [-0.2, 0) is 0 Å². The summed E-state index contributed by atoms with van der Waals surface area (Å²) in [5, 5.41) is 0. The maximum Gasteiger partial charge on any atom is 0.409 e. The Kier molecular flexibility index (Phi) is 3.26. The molecule has 1 saturated carbocycles. The van der Waals surface area contributed by atoms with Crippen molar-refractivity contribution < 1.29 is 17.6 Å². The zero-order valence-corrected chi connectivity index (χ0v) is 11.4. The third-order valence-corrected chi connectivity index (χ3v) is 3.64. The molecule has 0 aliphatic heterocycles. The number of halogens is 4. The largest absolute Gasteiger partial charge is 0.409 e. The van der Waals surface area contributed by atoms with Gasteiger partial charge in [0.1, 0.15) is 17.7 Å². The maximum atomic E-state index is 13.4.